The van der Waals surface area contributed by atoms with Crippen molar-refractivity contribution in [2.24, 2.45) is 0 Å². The number of fused-ring (bicyclic) bond motifs is 1. The lowest BCUT2D eigenvalue weighted by molar-refractivity contribution is -0.138. The van der Waals surface area contributed by atoms with Crippen LogP contribution in [-0.4, -0.2) is 95.4 Å². The molecule has 2 fully saturated rings. The maximum atomic E-state index is 13.9. The number of rotatable bonds is 10. The Hall–Kier alpha value is -3.17. The van der Waals surface area contributed by atoms with Gasteiger partial charge in [-0.1, -0.05) is 6.07 Å². The van der Waals surface area contributed by atoms with Crippen molar-refractivity contribution in [1.29, 1.82) is 0 Å². The van der Waals surface area contributed by atoms with E-state index in [0.717, 1.165) is 69.9 Å². The standard InChI is InChI=1S/C31H43F3N6O5S/c1-21(2)45-30(42)35-19-23-18-22(7-8-26(23)31(32,33)34)29-25-20-38(46(3,43)44)17-11-27(25)40(36-29)14-5-12-37-15-9-24(10-16-37)39-13-4-6-28(39)41/h7-8,18,21,24H,4-6,9-17,19-20H2,1-3H3,(H,35,42). The Kier molecular flexibility index (Phi) is 10.3. The first-order valence-electron chi connectivity index (χ1n) is 15.9. The van der Waals surface area contributed by atoms with Crippen molar-refractivity contribution in [3.8, 4) is 11.3 Å². The fourth-order valence-corrected chi connectivity index (χ4v) is 7.49. The number of nitrogens with zero attached hydrogens (tertiary/aromatic N) is 5. The predicted octanol–water partition coefficient (Wildman–Crippen LogP) is 4.00. The molecule has 1 N–H and O–H groups in total. The molecule has 11 nitrogen and oxygen atoms in total. The Morgan fingerprint density at radius 2 is 1.85 bits per heavy atom. The fraction of sp³-hybridized carbons (Fsp3) is 0.645. The minimum absolute atomic E-state index is 0.0710. The number of aryl methyl sites for hydroxylation is 1. The summed E-state index contributed by atoms with van der Waals surface area (Å²) in [6.07, 6.45) is -0.0573. The summed E-state index contributed by atoms with van der Waals surface area (Å²) in [6.45, 7) is 7.32. The number of hydrogen-bond donors (Lipinski definition) is 1. The van der Waals surface area contributed by atoms with Crippen LogP contribution in [0.2, 0.25) is 0 Å². The number of halogens is 3. The van der Waals surface area contributed by atoms with Crippen molar-refractivity contribution in [2.75, 3.05) is 39.0 Å². The average molecular weight is 669 g/mol. The van der Waals surface area contributed by atoms with Crippen LogP contribution in [0.5, 0.6) is 0 Å². The lowest BCUT2D eigenvalue weighted by atomic mass is 9.97. The molecule has 46 heavy (non-hydrogen) atoms. The zero-order chi connectivity index (χ0) is 33.2. The Bertz CT molecular complexity index is 1540. The van der Waals surface area contributed by atoms with E-state index in [4.69, 9.17) is 9.84 Å². The molecule has 254 valence electrons. The van der Waals surface area contributed by atoms with E-state index in [-0.39, 0.29) is 18.0 Å². The van der Waals surface area contributed by atoms with Gasteiger partial charge in [0.2, 0.25) is 15.9 Å². The van der Waals surface area contributed by atoms with Gasteiger partial charge < -0.3 is 19.9 Å². The van der Waals surface area contributed by atoms with Crippen LogP contribution in [0.25, 0.3) is 11.3 Å². The first kappa shape index (κ1) is 34.2. The normalized spacial score (nSPS) is 18.8. The number of carbonyl (C=O) groups is 2. The van der Waals surface area contributed by atoms with Gasteiger partial charge in [-0.15, -0.1) is 0 Å². The molecule has 0 aliphatic carbocycles. The van der Waals surface area contributed by atoms with E-state index < -0.39 is 40.5 Å². The van der Waals surface area contributed by atoms with Crippen molar-refractivity contribution >= 4 is 22.0 Å². The summed E-state index contributed by atoms with van der Waals surface area (Å²) in [5.41, 5.74) is 1.35. The molecule has 0 atom stereocenters. The molecule has 5 rings (SSSR count). The first-order chi connectivity index (χ1) is 21.7. The number of likely N-dealkylation sites (tertiary alicyclic amines) is 2. The molecular weight excluding hydrogens is 625 g/mol. The van der Waals surface area contributed by atoms with Gasteiger partial charge in [0.1, 0.15) is 0 Å². The molecule has 0 spiro atoms. The highest BCUT2D eigenvalue weighted by Crippen LogP contribution is 2.37. The Balaban J connectivity index is 1.35. The van der Waals surface area contributed by atoms with Crippen LogP contribution >= 0.6 is 0 Å². The number of piperidine rings is 1. The Labute approximate surface area is 268 Å². The van der Waals surface area contributed by atoms with Crippen LogP contribution in [0, 0.1) is 0 Å². The Morgan fingerprint density at radius 3 is 2.48 bits per heavy atom. The molecule has 2 amide bonds. The number of nitrogens with one attached hydrogen (secondary N) is 1. The number of sulfonamides is 1. The lowest BCUT2D eigenvalue weighted by Gasteiger charge is -2.36. The summed E-state index contributed by atoms with van der Waals surface area (Å²) in [7, 11) is -3.51. The summed E-state index contributed by atoms with van der Waals surface area (Å²) < 4.78 is 74.9. The molecule has 0 saturated carbocycles. The molecule has 0 radical (unpaired) electrons. The van der Waals surface area contributed by atoms with Gasteiger partial charge in [0.15, 0.2) is 0 Å². The second kappa shape index (κ2) is 13.9. The summed E-state index contributed by atoms with van der Waals surface area (Å²) in [5, 5.41) is 7.24. The third-order valence-corrected chi connectivity index (χ3v) is 10.2. The second-order valence-electron chi connectivity index (χ2n) is 12.6. The quantitative estimate of drug-likeness (QED) is 0.407. The van der Waals surface area contributed by atoms with Gasteiger partial charge in [-0.3, -0.25) is 9.48 Å². The third kappa shape index (κ3) is 8.03. The molecule has 0 bridgehead atoms. The fourth-order valence-electron chi connectivity index (χ4n) is 6.71. The summed E-state index contributed by atoms with van der Waals surface area (Å²) >= 11 is 0. The first-order valence-corrected chi connectivity index (χ1v) is 17.8. The molecule has 3 aliphatic rings. The summed E-state index contributed by atoms with van der Waals surface area (Å²) in [6, 6.07) is 4.00. The smallest absolute Gasteiger partial charge is 0.416 e. The number of ether oxygens (including phenoxy) is 1. The Morgan fingerprint density at radius 1 is 1.11 bits per heavy atom. The molecule has 3 aliphatic heterocycles. The molecule has 1 aromatic heterocycles. The number of benzene rings is 1. The van der Waals surface area contributed by atoms with E-state index in [1.54, 1.807) is 13.8 Å². The molecule has 2 saturated heterocycles. The lowest BCUT2D eigenvalue weighted by Crippen LogP contribution is -2.45. The van der Waals surface area contributed by atoms with Crippen molar-refractivity contribution < 1.29 is 35.9 Å². The SMILES string of the molecule is CC(C)OC(=O)NCc1cc(-c2nn(CCCN3CCC(N4CCCC4=O)CC3)c3c2CN(S(C)(=O)=O)CC3)ccc1C(F)(F)F. The average Bonchev–Trinajstić information content (AvgIpc) is 3.58. The minimum atomic E-state index is -4.65. The summed E-state index contributed by atoms with van der Waals surface area (Å²) in [5.74, 6) is 0.261. The van der Waals surface area contributed by atoms with Gasteiger partial charge in [0, 0.05) is 81.5 Å². The monoisotopic (exact) mass is 668 g/mol. The van der Waals surface area contributed by atoms with Crippen LogP contribution in [0.15, 0.2) is 18.2 Å². The highest BCUT2D eigenvalue weighted by atomic mass is 32.2. The van der Waals surface area contributed by atoms with E-state index in [1.165, 1.54) is 16.4 Å². The van der Waals surface area contributed by atoms with E-state index in [2.05, 4.69) is 10.2 Å². The molecule has 2 aromatic rings. The summed E-state index contributed by atoms with van der Waals surface area (Å²) in [4.78, 5) is 28.6. The maximum Gasteiger partial charge on any atom is 0.416 e. The molecule has 15 heteroatoms. The molecule has 4 heterocycles. The van der Waals surface area contributed by atoms with Crippen molar-refractivity contribution in [1.82, 2.24) is 29.2 Å². The van der Waals surface area contributed by atoms with E-state index in [1.807, 2.05) is 9.58 Å². The van der Waals surface area contributed by atoms with Crippen LogP contribution < -0.4 is 5.32 Å². The van der Waals surface area contributed by atoms with Gasteiger partial charge in [0.25, 0.3) is 0 Å². The van der Waals surface area contributed by atoms with Crippen molar-refractivity contribution in [2.45, 2.75) is 90.3 Å². The van der Waals surface area contributed by atoms with E-state index in [9.17, 15) is 31.2 Å². The molecular formula is C31H43F3N6O5S. The highest BCUT2D eigenvalue weighted by molar-refractivity contribution is 7.88. The zero-order valence-corrected chi connectivity index (χ0v) is 27.4. The van der Waals surface area contributed by atoms with Crippen LogP contribution in [0.1, 0.15) is 68.3 Å². The number of hydrogen-bond acceptors (Lipinski definition) is 7. The van der Waals surface area contributed by atoms with E-state index in [0.29, 0.717) is 48.8 Å². The van der Waals surface area contributed by atoms with E-state index >= 15 is 0 Å². The highest BCUT2D eigenvalue weighted by Gasteiger charge is 2.35. The van der Waals surface area contributed by atoms with Gasteiger partial charge in [0.05, 0.1) is 23.6 Å². The second-order valence-corrected chi connectivity index (χ2v) is 14.6. The van der Waals surface area contributed by atoms with Crippen molar-refractivity contribution in [3.05, 3.63) is 40.6 Å². The van der Waals surface area contributed by atoms with Gasteiger partial charge in [-0.05, 0) is 63.8 Å². The molecule has 0 unspecified atom stereocenters. The number of alkyl halides is 3. The minimum Gasteiger partial charge on any atom is -0.447 e. The number of aromatic nitrogens is 2. The number of alkyl carbamates (subject to hydrolysis) is 1. The van der Waals surface area contributed by atoms with Gasteiger partial charge in [-0.25, -0.2) is 13.2 Å². The topological polar surface area (TPSA) is 117 Å². The third-order valence-electron chi connectivity index (χ3n) is 8.97. The number of amides is 2. The largest absolute Gasteiger partial charge is 0.447 e. The van der Waals surface area contributed by atoms with Crippen LogP contribution in [0.4, 0.5) is 18.0 Å². The molecule has 1 aromatic carbocycles. The van der Waals surface area contributed by atoms with Gasteiger partial charge in [-0.2, -0.15) is 22.6 Å². The van der Waals surface area contributed by atoms with Gasteiger partial charge >= 0.3 is 12.3 Å². The maximum absolute atomic E-state index is 13.9. The van der Waals surface area contributed by atoms with Crippen molar-refractivity contribution in [3.63, 3.8) is 0 Å². The zero-order valence-electron chi connectivity index (χ0n) is 26.6. The number of carbonyl (C=O) groups excluding carboxylic acids is 2. The van der Waals surface area contributed by atoms with Crippen LogP contribution in [-0.2, 0) is 51.8 Å². The van der Waals surface area contributed by atoms with Crippen LogP contribution in [0.3, 0.4) is 0 Å². The predicted molar refractivity (Wildman–Crippen MR) is 165 cm³/mol.